The Morgan fingerprint density at radius 2 is 1.84 bits per heavy atom. The summed E-state index contributed by atoms with van der Waals surface area (Å²) in [5.74, 6) is -1.11. The molecule has 0 saturated heterocycles. The molecule has 3 heteroatoms. The van der Waals surface area contributed by atoms with Crippen molar-refractivity contribution in [3.05, 3.63) is 53.1 Å². The molecule has 0 spiro atoms. The van der Waals surface area contributed by atoms with Gasteiger partial charge in [-0.15, -0.1) is 0 Å². The van der Waals surface area contributed by atoms with Gasteiger partial charge in [-0.05, 0) is 52.3 Å². The van der Waals surface area contributed by atoms with Crippen molar-refractivity contribution in [3.63, 3.8) is 0 Å². The molecule has 1 N–H and O–H groups in total. The molecule has 0 radical (unpaired) electrons. The molecule has 19 heavy (non-hydrogen) atoms. The number of benzene rings is 1. The van der Waals surface area contributed by atoms with Crippen LogP contribution in [0.3, 0.4) is 0 Å². The molecule has 1 aromatic carbocycles. The fraction of sp³-hybridized carbons (Fsp3) is 0.375. The minimum Gasteiger partial charge on any atom is -0.380 e. The van der Waals surface area contributed by atoms with Crippen LogP contribution in [-0.4, -0.2) is 5.54 Å². The Balaban J connectivity index is 3.34. The first kappa shape index (κ1) is 15.4. The Bertz CT molecular complexity index is 485. The zero-order chi connectivity index (χ0) is 14.6. The lowest BCUT2D eigenvalue weighted by Crippen LogP contribution is -2.34. The highest BCUT2D eigenvalue weighted by Crippen LogP contribution is 2.24. The molecular formula is C16H21F2N. The van der Waals surface area contributed by atoms with Crippen molar-refractivity contribution in [2.75, 3.05) is 0 Å². The molecule has 0 aliphatic heterocycles. The van der Waals surface area contributed by atoms with Crippen LogP contribution in [0.5, 0.6) is 0 Å². The van der Waals surface area contributed by atoms with Gasteiger partial charge in [0.1, 0.15) is 11.6 Å². The number of halogens is 2. The van der Waals surface area contributed by atoms with E-state index in [9.17, 15) is 8.78 Å². The summed E-state index contributed by atoms with van der Waals surface area (Å²) in [6.45, 7) is 9.57. The first-order valence-corrected chi connectivity index (χ1v) is 6.32. The maximum atomic E-state index is 14.0. The van der Waals surface area contributed by atoms with Crippen LogP contribution in [-0.2, 0) is 0 Å². The predicted molar refractivity (Wildman–Crippen MR) is 76.8 cm³/mol. The van der Waals surface area contributed by atoms with Gasteiger partial charge in [0.25, 0.3) is 0 Å². The summed E-state index contributed by atoms with van der Waals surface area (Å²) in [4.78, 5) is 0. The Hall–Kier alpha value is -1.64. The Kier molecular flexibility index (Phi) is 4.87. The lowest BCUT2D eigenvalue weighted by Gasteiger charge is -2.25. The third-order valence-electron chi connectivity index (χ3n) is 2.49. The molecule has 0 fully saturated rings. The number of allylic oxidation sites excluding steroid dienone is 3. The Morgan fingerprint density at radius 3 is 2.32 bits per heavy atom. The van der Waals surface area contributed by atoms with Crippen molar-refractivity contribution >= 4 is 5.70 Å². The van der Waals surface area contributed by atoms with Gasteiger partial charge in [0.05, 0.1) is 0 Å². The van der Waals surface area contributed by atoms with Gasteiger partial charge < -0.3 is 5.32 Å². The van der Waals surface area contributed by atoms with Gasteiger partial charge in [0, 0.05) is 22.9 Å². The van der Waals surface area contributed by atoms with Crippen LogP contribution in [0.1, 0.15) is 38.8 Å². The van der Waals surface area contributed by atoms with Gasteiger partial charge in [-0.1, -0.05) is 12.2 Å². The average Bonchev–Trinajstić information content (AvgIpc) is 2.22. The fourth-order valence-corrected chi connectivity index (χ4v) is 1.83. The van der Waals surface area contributed by atoms with Crippen LogP contribution in [0.4, 0.5) is 8.78 Å². The third kappa shape index (κ3) is 4.51. The number of hydrogen-bond acceptors (Lipinski definition) is 1. The van der Waals surface area contributed by atoms with Crippen LogP contribution in [0.25, 0.3) is 5.70 Å². The number of hydrogen-bond donors (Lipinski definition) is 1. The molecule has 0 amide bonds. The van der Waals surface area contributed by atoms with Crippen LogP contribution in [0.15, 0.2) is 30.4 Å². The van der Waals surface area contributed by atoms with Crippen LogP contribution in [0, 0.1) is 18.6 Å². The van der Waals surface area contributed by atoms with Crippen molar-refractivity contribution in [1.29, 1.82) is 0 Å². The van der Waals surface area contributed by atoms with Gasteiger partial charge in [0.2, 0.25) is 0 Å². The normalized spacial score (nSPS) is 13.1. The molecule has 1 aromatic rings. The SMILES string of the molecule is C/C=C\C=C(/NC(C)(C)C)c1c(C)cc(F)cc1F. The van der Waals surface area contributed by atoms with E-state index in [4.69, 9.17) is 0 Å². The average molecular weight is 265 g/mol. The summed E-state index contributed by atoms with van der Waals surface area (Å²) in [6, 6.07) is 2.25. The highest BCUT2D eigenvalue weighted by atomic mass is 19.1. The minimum atomic E-state index is -0.556. The van der Waals surface area contributed by atoms with Crippen molar-refractivity contribution in [1.82, 2.24) is 5.32 Å². The first-order chi connectivity index (χ1) is 8.74. The van der Waals surface area contributed by atoms with E-state index in [0.717, 1.165) is 6.07 Å². The highest BCUT2D eigenvalue weighted by Gasteiger charge is 2.17. The summed E-state index contributed by atoms with van der Waals surface area (Å²) in [5, 5.41) is 3.26. The zero-order valence-electron chi connectivity index (χ0n) is 12.1. The van der Waals surface area contributed by atoms with Crippen molar-refractivity contribution in [2.45, 2.75) is 40.2 Å². The van der Waals surface area contributed by atoms with E-state index in [0.29, 0.717) is 16.8 Å². The molecule has 104 valence electrons. The number of nitrogens with one attached hydrogen (secondary N) is 1. The molecule has 1 nitrogen and oxygen atoms in total. The summed E-state index contributed by atoms with van der Waals surface area (Å²) in [6.07, 6.45) is 5.49. The molecule has 0 unspecified atom stereocenters. The topological polar surface area (TPSA) is 12.0 Å². The van der Waals surface area contributed by atoms with E-state index in [1.54, 1.807) is 13.0 Å². The number of rotatable bonds is 3. The predicted octanol–water partition coefficient (Wildman–Crippen LogP) is 4.58. The summed E-state index contributed by atoms with van der Waals surface area (Å²) < 4.78 is 27.2. The molecule has 0 aliphatic rings. The molecule has 0 atom stereocenters. The summed E-state index contributed by atoms with van der Waals surface area (Å²) >= 11 is 0. The number of aryl methyl sites for hydroxylation is 1. The Labute approximate surface area is 114 Å². The molecule has 0 bridgehead atoms. The highest BCUT2D eigenvalue weighted by molar-refractivity contribution is 5.69. The molecule has 0 aliphatic carbocycles. The lowest BCUT2D eigenvalue weighted by molar-refractivity contribution is 0.498. The maximum Gasteiger partial charge on any atom is 0.135 e. The third-order valence-corrected chi connectivity index (χ3v) is 2.49. The van der Waals surface area contributed by atoms with Crippen LogP contribution in [0.2, 0.25) is 0 Å². The van der Waals surface area contributed by atoms with Gasteiger partial charge in [-0.25, -0.2) is 8.78 Å². The minimum absolute atomic E-state index is 0.208. The Morgan fingerprint density at radius 1 is 1.21 bits per heavy atom. The van der Waals surface area contributed by atoms with E-state index in [1.165, 1.54) is 6.07 Å². The summed E-state index contributed by atoms with van der Waals surface area (Å²) in [7, 11) is 0. The van der Waals surface area contributed by atoms with Crippen LogP contribution < -0.4 is 5.32 Å². The van der Waals surface area contributed by atoms with Crippen molar-refractivity contribution in [3.8, 4) is 0 Å². The van der Waals surface area contributed by atoms with E-state index >= 15 is 0 Å². The van der Waals surface area contributed by atoms with Crippen LogP contribution >= 0.6 is 0 Å². The van der Waals surface area contributed by atoms with E-state index in [1.807, 2.05) is 39.8 Å². The van der Waals surface area contributed by atoms with Gasteiger partial charge in [-0.3, -0.25) is 0 Å². The van der Waals surface area contributed by atoms with Crippen molar-refractivity contribution in [2.24, 2.45) is 0 Å². The lowest BCUT2D eigenvalue weighted by atomic mass is 10.0. The second kappa shape index (κ2) is 6.00. The second-order valence-electron chi connectivity index (χ2n) is 5.56. The van der Waals surface area contributed by atoms with Crippen molar-refractivity contribution < 1.29 is 8.78 Å². The van der Waals surface area contributed by atoms with Gasteiger partial charge >= 0.3 is 0 Å². The van der Waals surface area contributed by atoms with E-state index < -0.39 is 11.6 Å². The monoisotopic (exact) mass is 265 g/mol. The van der Waals surface area contributed by atoms with E-state index in [2.05, 4.69) is 5.32 Å². The van der Waals surface area contributed by atoms with Gasteiger partial charge in [-0.2, -0.15) is 0 Å². The first-order valence-electron chi connectivity index (χ1n) is 6.32. The van der Waals surface area contributed by atoms with Gasteiger partial charge in [0.15, 0.2) is 0 Å². The molecule has 0 heterocycles. The quantitative estimate of drug-likeness (QED) is 0.789. The molecule has 0 saturated carbocycles. The fourth-order valence-electron chi connectivity index (χ4n) is 1.83. The molecule has 1 rings (SSSR count). The smallest absolute Gasteiger partial charge is 0.135 e. The molecular weight excluding hydrogens is 244 g/mol. The summed E-state index contributed by atoms with van der Waals surface area (Å²) in [5.41, 5.74) is 1.43. The molecule has 0 aromatic heterocycles. The van der Waals surface area contributed by atoms with E-state index in [-0.39, 0.29) is 5.54 Å². The zero-order valence-corrected chi connectivity index (χ0v) is 12.1. The second-order valence-corrected chi connectivity index (χ2v) is 5.56. The standard InChI is InChI=1S/C16H21F2N/c1-6-7-8-14(19-16(3,4)5)15-11(2)9-12(17)10-13(15)18/h6-10,19H,1-5H3/b7-6-,14-8-. The maximum absolute atomic E-state index is 14.0. The largest absolute Gasteiger partial charge is 0.380 e.